The van der Waals surface area contributed by atoms with Gasteiger partial charge in [-0.3, -0.25) is 9.59 Å². The van der Waals surface area contributed by atoms with Crippen LogP contribution in [0.25, 0.3) is 0 Å². The van der Waals surface area contributed by atoms with Crippen molar-refractivity contribution in [1.29, 1.82) is 0 Å². The van der Waals surface area contributed by atoms with E-state index < -0.39 is 12.0 Å². The quantitative estimate of drug-likeness (QED) is 0.839. The molecular weight excluding hydrogens is 272 g/mol. The molecule has 1 aliphatic rings. The molecule has 2 rings (SSSR count). The van der Waals surface area contributed by atoms with Crippen molar-refractivity contribution >= 4 is 11.9 Å². The van der Waals surface area contributed by atoms with E-state index in [4.69, 9.17) is 15.6 Å². The van der Waals surface area contributed by atoms with Crippen molar-refractivity contribution in [3.8, 4) is 5.75 Å². The number of hydrogen-bond acceptors (Lipinski definition) is 4. The van der Waals surface area contributed by atoms with Gasteiger partial charge in [0.25, 0.3) is 0 Å². The van der Waals surface area contributed by atoms with Crippen LogP contribution in [0.15, 0.2) is 30.3 Å². The Morgan fingerprint density at radius 3 is 2.48 bits per heavy atom. The first-order valence-electron chi connectivity index (χ1n) is 7.04. The number of piperidine rings is 1. The fraction of sp³-hybridized carbons (Fsp3) is 0.467. The summed E-state index contributed by atoms with van der Waals surface area (Å²) in [6.45, 7) is 1.09. The number of carboxylic acids is 1. The molecule has 1 aromatic rings. The Morgan fingerprint density at radius 2 is 1.90 bits per heavy atom. The number of amides is 1. The van der Waals surface area contributed by atoms with Crippen LogP contribution in [0.2, 0.25) is 0 Å². The Labute approximate surface area is 123 Å². The zero-order valence-corrected chi connectivity index (χ0v) is 11.8. The maximum Gasteiger partial charge on any atom is 0.305 e. The molecular formula is C15H20N2O4. The molecule has 1 amide bonds. The molecule has 1 unspecified atom stereocenters. The molecule has 1 saturated heterocycles. The van der Waals surface area contributed by atoms with Gasteiger partial charge in [0.1, 0.15) is 11.9 Å². The van der Waals surface area contributed by atoms with Gasteiger partial charge in [-0.2, -0.15) is 0 Å². The lowest BCUT2D eigenvalue weighted by Gasteiger charge is -2.33. The maximum absolute atomic E-state index is 12.0. The SMILES string of the molecule is NC(CC(=O)O)C(=O)N1CCC(Oc2ccccc2)CC1. The topological polar surface area (TPSA) is 92.9 Å². The zero-order valence-electron chi connectivity index (χ0n) is 11.8. The minimum atomic E-state index is -1.06. The molecule has 1 aromatic carbocycles. The van der Waals surface area contributed by atoms with Crippen LogP contribution in [0.1, 0.15) is 19.3 Å². The van der Waals surface area contributed by atoms with E-state index in [0.717, 1.165) is 18.6 Å². The molecule has 114 valence electrons. The Kier molecular flexibility index (Phi) is 5.16. The number of rotatable bonds is 5. The van der Waals surface area contributed by atoms with Crippen molar-refractivity contribution in [3.05, 3.63) is 30.3 Å². The van der Waals surface area contributed by atoms with Gasteiger partial charge in [0, 0.05) is 25.9 Å². The van der Waals surface area contributed by atoms with E-state index in [2.05, 4.69) is 0 Å². The smallest absolute Gasteiger partial charge is 0.305 e. The maximum atomic E-state index is 12.0. The highest BCUT2D eigenvalue weighted by molar-refractivity contribution is 5.86. The molecule has 3 N–H and O–H groups in total. The average Bonchev–Trinajstić information content (AvgIpc) is 2.47. The molecule has 0 aliphatic carbocycles. The molecule has 21 heavy (non-hydrogen) atoms. The predicted molar refractivity (Wildman–Crippen MR) is 76.9 cm³/mol. The highest BCUT2D eigenvalue weighted by Gasteiger charge is 2.28. The molecule has 1 fully saturated rings. The fourth-order valence-electron chi connectivity index (χ4n) is 2.40. The van der Waals surface area contributed by atoms with Crippen molar-refractivity contribution in [2.24, 2.45) is 5.73 Å². The summed E-state index contributed by atoms with van der Waals surface area (Å²) < 4.78 is 5.85. The Balaban J connectivity index is 1.80. The van der Waals surface area contributed by atoms with E-state index >= 15 is 0 Å². The minimum Gasteiger partial charge on any atom is -0.490 e. The minimum absolute atomic E-state index is 0.0761. The van der Waals surface area contributed by atoms with Crippen LogP contribution in [0.3, 0.4) is 0 Å². The number of nitrogens with two attached hydrogens (primary N) is 1. The van der Waals surface area contributed by atoms with Crippen LogP contribution in [0.4, 0.5) is 0 Å². The van der Waals surface area contributed by atoms with Gasteiger partial charge in [-0.05, 0) is 12.1 Å². The average molecular weight is 292 g/mol. The van der Waals surface area contributed by atoms with Gasteiger partial charge < -0.3 is 20.5 Å². The van der Waals surface area contributed by atoms with Gasteiger partial charge in [0.15, 0.2) is 0 Å². The van der Waals surface area contributed by atoms with Gasteiger partial charge in [-0.25, -0.2) is 0 Å². The lowest BCUT2D eigenvalue weighted by molar-refractivity contribution is -0.142. The van der Waals surface area contributed by atoms with Crippen LogP contribution < -0.4 is 10.5 Å². The van der Waals surface area contributed by atoms with Gasteiger partial charge in [0.05, 0.1) is 12.5 Å². The standard InChI is InChI=1S/C15H20N2O4/c16-13(10-14(18)19)15(20)17-8-6-12(7-9-17)21-11-4-2-1-3-5-11/h1-5,12-13H,6-10,16H2,(H,18,19). The van der Waals surface area contributed by atoms with Crippen molar-refractivity contribution in [3.63, 3.8) is 0 Å². The summed E-state index contributed by atoms with van der Waals surface area (Å²) >= 11 is 0. The van der Waals surface area contributed by atoms with E-state index in [0.29, 0.717) is 13.1 Å². The number of nitrogens with zero attached hydrogens (tertiary/aromatic N) is 1. The summed E-state index contributed by atoms with van der Waals surface area (Å²) in [7, 11) is 0. The summed E-state index contributed by atoms with van der Waals surface area (Å²) in [5.74, 6) is -0.529. The highest BCUT2D eigenvalue weighted by atomic mass is 16.5. The number of carbonyl (C=O) groups is 2. The van der Waals surface area contributed by atoms with Crippen molar-refractivity contribution in [1.82, 2.24) is 4.90 Å². The molecule has 0 bridgehead atoms. The van der Waals surface area contributed by atoms with Crippen LogP contribution >= 0.6 is 0 Å². The second kappa shape index (κ2) is 7.08. The number of carbonyl (C=O) groups excluding carboxylic acids is 1. The first kappa shape index (κ1) is 15.3. The summed E-state index contributed by atoms with van der Waals surface area (Å²) in [4.78, 5) is 24.2. The predicted octanol–water partition coefficient (Wildman–Crippen LogP) is 0.858. The second-order valence-electron chi connectivity index (χ2n) is 5.16. The third-order valence-electron chi connectivity index (χ3n) is 3.51. The zero-order chi connectivity index (χ0) is 15.2. The van der Waals surface area contributed by atoms with Gasteiger partial charge >= 0.3 is 5.97 Å². The number of likely N-dealkylation sites (tertiary alicyclic amines) is 1. The van der Waals surface area contributed by atoms with E-state index in [1.165, 1.54) is 0 Å². The number of carboxylic acid groups (broad SMARTS) is 1. The van der Waals surface area contributed by atoms with Gasteiger partial charge in [-0.15, -0.1) is 0 Å². The molecule has 0 saturated carbocycles. The highest BCUT2D eigenvalue weighted by Crippen LogP contribution is 2.19. The number of aliphatic carboxylic acids is 1. The molecule has 6 heteroatoms. The Bertz CT molecular complexity index is 484. The van der Waals surface area contributed by atoms with Crippen molar-refractivity contribution in [2.75, 3.05) is 13.1 Å². The normalized spacial score (nSPS) is 17.3. The Morgan fingerprint density at radius 1 is 1.29 bits per heavy atom. The molecule has 0 radical (unpaired) electrons. The summed E-state index contributed by atoms with van der Waals surface area (Å²) in [5.41, 5.74) is 5.60. The number of ether oxygens (including phenoxy) is 1. The monoisotopic (exact) mass is 292 g/mol. The van der Waals surface area contributed by atoms with E-state index in [1.807, 2.05) is 30.3 Å². The molecule has 1 heterocycles. The Hall–Kier alpha value is -2.08. The van der Waals surface area contributed by atoms with Gasteiger partial charge in [0.2, 0.25) is 5.91 Å². The second-order valence-corrected chi connectivity index (χ2v) is 5.16. The van der Waals surface area contributed by atoms with Gasteiger partial charge in [-0.1, -0.05) is 18.2 Å². The summed E-state index contributed by atoms with van der Waals surface area (Å²) in [5, 5.41) is 8.67. The van der Waals surface area contributed by atoms with Crippen LogP contribution in [-0.4, -0.2) is 47.1 Å². The number of para-hydroxylation sites is 1. The number of benzene rings is 1. The third-order valence-corrected chi connectivity index (χ3v) is 3.51. The van der Waals surface area contributed by atoms with Crippen molar-refractivity contribution < 1.29 is 19.4 Å². The van der Waals surface area contributed by atoms with E-state index in [-0.39, 0.29) is 18.4 Å². The van der Waals surface area contributed by atoms with Crippen LogP contribution in [0.5, 0.6) is 5.75 Å². The molecule has 6 nitrogen and oxygen atoms in total. The lowest BCUT2D eigenvalue weighted by atomic mass is 10.1. The van der Waals surface area contributed by atoms with Crippen LogP contribution in [-0.2, 0) is 9.59 Å². The van der Waals surface area contributed by atoms with E-state index in [1.54, 1.807) is 4.90 Å². The van der Waals surface area contributed by atoms with E-state index in [9.17, 15) is 9.59 Å². The molecule has 1 atom stereocenters. The molecule has 0 aromatic heterocycles. The van der Waals surface area contributed by atoms with Crippen LogP contribution in [0, 0.1) is 0 Å². The molecule has 1 aliphatic heterocycles. The summed E-state index contributed by atoms with van der Waals surface area (Å²) in [6.07, 6.45) is 1.19. The lowest BCUT2D eigenvalue weighted by Crippen LogP contribution is -2.49. The first-order chi connectivity index (χ1) is 10.1. The first-order valence-corrected chi connectivity index (χ1v) is 7.04. The fourth-order valence-corrected chi connectivity index (χ4v) is 2.40. The largest absolute Gasteiger partial charge is 0.490 e. The number of hydrogen-bond donors (Lipinski definition) is 2. The summed E-state index contributed by atoms with van der Waals surface area (Å²) in [6, 6.07) is 8.60. The van der Waals surface area contributed by atoms with Crippen molar-refractivity contribution in [2.45, 2.75) is 31.4 Å². The third kappa shape index (κ3) is 4.46. The molecule has 0 spiro atoms.